The van der Waals surface area contributed by atoms with Crippen LogP contribution in [0.15, 0.2) is 27.8 Å². The fraction of sp³-hybridized carbons (Fsp3) is 0.688. The number of hydrogen-bond donors (Lipinski definition) is 2. The lowest BCUT2D eigenvalue weighted by molar-refractivity contribution is 0.506. The molecule has 1 rings (SSSR count). The molecule has 1 heterocycles. The van der Waals surface area contributed by atoms with Crippen molar-refractivity contribution < 1.29 is 4.42 Å². The second-order valence-electron chi connectivity index (χ2n) is 5.84. The Kier molecular flexibility index (Phi) is 11.0. The van der Waals surface area contributed by atoms with Crippen LogP contribution in [0.5, 0.6) is 0 Å². The molecule has 1 aromatic rings. The zero-order valence-electron chi connectivity index (χ0n) is 14.3. The van der Waals surface area contributed by atoms with E-state index in [0.717, 1.165) is 37.7 Å². The lowest BCUT2D eigenvalue weighted by Crippen LogP contribution is -2.43. The molecular weight excluding hydrogens is 409 g/mol. The molecule has 0 amide bonds. The lowest BCUT2D eigenvalue weighted by Gasteiger charge is -2.22. The summed E-state index contributed by atoms with van der Waals surface area (Å²) in [6, 6.07) is 4.33. The lowest BCUT2D eigenvalue weighted by atomic mass is 10.2. The fourth-order valence-electron chi connectivity index (χ4n) is 1.58. The van der Waals surface area contributed by atoms with Crippen LogP contribution in [-0.2, 0) is 6.42 Å². The Morgan fingerprint density at radius 1 is 1.45 bits per heavy atom. The Morgan fingerprint density at radius 2 is 2.18 bits per heavy atom. The van der Waals surface area contributed by atoms with Gasteiger partial charge in [0.25, 0.3) is 0 Å². The number of hydrogen-bond acceptors (Lipinski definition) is 3. The van der Waals surface area contributed by atoms with Crippen LogP contribution >= 0.6 is 35.7 Å². The van der Waals surface area contributed by atoms with Gasteiger partial charge in [-0.15, -0.1) is 24.0 Å². The van der Waals surface area contributed by atoms with Gasteiger partial charge >= 0.3 is 0 Å². The molecule has 0 saturated carbocycles. The van der Waals surface area contributed by atoms with Gasteiger partial charge < -0.3 is 15.1 Å². The molecular formula is C16H30IN3OS. The molecule has 4 nitrogen and oxygen atoms in total. The first-order valence-corrected chi connectivity index (χ1v) is 8.81. The van der Waals surface area contributed by atoms with Crippen LogP contribution in [0.25, 0.3) is 0 Å². The van der Waals surface area contributed by atoms with Crippen molar-refractivity contribution >= 4 is 41.7 Å². The summed E-state index contributed by atoms with van der Waals surface area (Å²) >= 11 is 1.84. The van der Waals surface area contributed by atoms with Crippen LogP contribution in [0.3, 0.4) is 0 Å². The summed E-state index contributed by atoms with van der Waals surface area (Å²) < 4.78 is 5.50. The summed E-state index contributed by atoms with van der Waals surface area (Å²) in [6.45, 7) is 10.4. The Morgan fingerprint density at radius 3 is 2.73 bits per heavy atom. The fourth-order valence-corrected chi connectivity index (χ4v) is 1.77. The number of thioether (sulfide) groups is 1. The van der Waals surface area contributed by atoms with E-state index < -0.39 is 0 Å². The number of nitrogens with one attached hydrogen (secondary N) is 2. The number of rotatable bonds is 8. The van der Waals surface area contributed by atoms with Gasteiger partial charge in [-0.2, -0.15) is 11.8 Å². The van der Waals surface area contributed by atoms with Gasteiger partial charge in [-0.25, -0.2) is 0 Å². The largest absolute Gasteiger partial charge is 0.469 e. The van der Waals surface area contributed by atoms with Crippen LogP contribution in [-0.4, -0.2) is 36.1 Å². The van der Waals surface area contributed by atoms with E-state index in [9.17, 15) is 0 Å². The normalized spacial score (nSPS) is 13.4. The molecule has 0 fully saturated rings. The molecule has 6 heteroatoms. The van der Waals surface area contributed by atoms with Crippen molar-refractivity contribution in [3.8, 4) is 0 Å². The monoisotopic (exact) mass is 439 g/mol. The predicted molar refractivity (Wildman–Crippen MR) is 109 cm³/mol. The quantitative estimate of drug-likeness (QED) is 0.366. The minimum absolute atomic E-state index is 0. The second-order valence-corrected chi connectivity index (χ2v) is 7.35. The van der Waals surface area contributed by atoms with E-state index in [1.165, 1.54) is 0 Å². The Balaban J connectivity index is 0.00000441. The predicted octanol–water partition coefficient (Wildman–Crippen LogP) is 3.92. The highest BCUT2D eigenvalue weighted by Gasteiger charge is 2.15. The van der Waals surface area contributed by atoms with E-state index in [4.69, 9.17) is 9.41 Å². The summed E-state index contributed by atoms with van der Waals surface area (Å²) in [7, 11) is 0. The minimum Gasteiger partial charge on any atom is -0.469 e. The van der Waals surface area contributed by atoms with Gasteiger partial charge in [0, 0.05) is 23.8 Å². The van der Waals surface area contributed by atoms with Crippen molar-refractivity contribution in [1.29, 1.82) is 0 Å². The number of nitrogens with zero attached hydrogens (tertiary/aromatic N) is 1. The van der Waals surface area contributed by atoms with E-state index >= 15 is 0 Å². The molecule has 0 bridgehead atoms. The first kappa shape index (κ1) is 21.6. The number of furan rings is 1. The van der Waals surface area contributed by atoms with E-state index in [2.05, 4.69) is 44.6 Å². The molecule has 0 aliphatic carbocycles. The maximum atomic E-state index is 5.35. The third kappa shape index (κ3) is 8.92. The number of halogens is 1. The topological polar surface area (TPSA) is 49.6 Å². The minimum atomic E-state index is 0. The summed E-state index contributed by atoms with van der Waals surface area (Å²) in [5.41, 5.74) is 0. The SMILES string of the molecule is CCC(C)NC(=NCC(C)(C)SC)NCCc1ccco1.I. The van der Waals surface area contributed by atoms with Crippen molar-refractivity contribution in [1.82, 2.24) is 10.6 Å². The average Bonchev–Trinajstić information content (AvgIpc) is 2.97. The molecule has 0 radical (unpaired) electrons. The smallest absolute Gasteiger partial charge is 0.191 e. The Bertz CT molecular complexity index is 421. The van der Waals surface area contributed by atoms with Gasteiger partial charge in [-0.3, -0.25) is 4.99 Å². The molecule has 0 aliphatic heterocycles. The first-order valence-electron chi connectivity index (χ1n) is 7.59. The van der Waals surface area contributed by atoms with E-state index in [-0.39, 0.29) is 28.7 Å². The third-order valence-corrected chi connectivity index (χ3v) is 4.64. The number of guanidine groups is 1. The van der Waals surface area contributed by atoms with E-state index in [1.807, 2.05) is 23.9 Å². The summed E-state index contributed by atoms with van der Waals surface area (Å²) in [6.07, 6.45) is 5.77. The van der Waals surface area contributed by atoms with Gasteiger partial charge in [0.1, 0.15) is 5.76 Å². The molecule has 1 aromatic heterocycles. The molecule has 0 saturated heterocycles. The van der Waals surface area contributed by atoms with Gasteiger partial charge in [0.05, 0.1) is 12.8 Å². The highest BCUT2D eigenvalue weighted by atomic mass is 127. The molecule has 0 spiro atoms. The van der Waals surface area contributed by atoms with E-state index in [1.54, 1.807) is 6.26 Å². The van der Waals surface area contributed by atoms with E-state index in [0.29, 0.717) is 6.04 Å². The van der Waals surface area contributed by atoms with Crippen molar-refractivity contribution in [3.63, 3.8) is 0 Å². The molecule has 0 aliphatic rings. The standard InChI is InChI=1S/C16H29N3OS.HI/c1-6-13(2)19-15(18-12-16(3,4)21-5)17-10-9-14-8-7-11-20-14;/h7-8,11,13H,6,9-10,12H2,1-5H3,(H2,17,18,19);1H. The van der Waals surface area contributed by atoms with Crippen LogP contribution in [0.2, 0.25) is 0 Å². The van der Waals surface area contributed by atoms with Crippen molar-refractivity contribution in [3.05, 3.63) is 24.2 Å². The van der Waals surface area contributed by atoms with Crippen molar-refractivity contribution in [2.75, 3.05) is 19.3 Å². The maximum Gasteiger partial charge on any atom is 0.191 e. The van der Waals surface area contributed by atoms with Crippen LogP contribution in [0, 0.1) is 0 Å². The van der Waals surface area contributed by atoms with Gasteiger partial charge in [-0.1, -0.05) is 6.92 Å². The molecule has 128 valence electrons. The molecule has 1 atom stereocenters. The third-order valence-electron chi connectivity index (χ3n) is 3.41. The average molecular weight is 439 g/mol. The summed E-state index contributed by atoms with van der Waals surface area (Å²) in [4.78, 5) is 4.72. The highest BCUT2D eigenvalue weighted by Crippen LogP contribution is 2.20. The second kappa shape index (κ2) is 11.2. The zero-order valence-corrected chi connectivity index (χ0v) is 17.5. The Hall–Kier alpha value is -0.370. The van der Waals surface area contributed by atoms with Gasteiger partial charge in [0.2, 0.25) is 0 Å². The summed E-state index contributed by atoms with van der Waals surface area (Å²) in [5.74, 6) is 1.88. The molecule has 22 heavy (non-hydrogen) atoms. The van der Waals surface area contributed by atoms with Crippen LogP contribution < -0.4 is 10.6 Å². The molecule has 2 N–H and O–H groups in total. The van der Waals surface area contributed by atoms with Gasteiger partial charge in [-0.05, 0) is 45.6 Å². The van der Waals surface area contributed by atoms with Gasteiger partial charge in [0.15, 0.2) is 5.96 Å². The Labute approximate surface area is 156 Å². The van der Waals surface area contributed by atoms with Crippen LogP contribution in [0.4, 0.5) is 0 Å². The maximum absolute atomic E-state index is 5.35. The van der Waals surface area contributed by atoms with Crippen LogP contribution in [0.1, 0.15) is 39.9 Å². The number of aliphatic imine (C=N–C) groups is 1. The summed E-state index contributed by atoms with van der Waals surface area (Å²) in [5, 5.41) is 6.83. The van der Waals surface area contributed by atoms with Crippen molar-refractivity contribution in [2.45, 2.75) is 51.3 Å². The highest BCUT2D eigenvalue weighted by molar-refractivity contribution is 14.0. The zero-order chi connectivity index (χ0) is 15.7. The van der Waals surface area contributed by atoms with Crippen molar-refractivity contribution in [2.24, 2.45) is 4.99 Å². The molecule has 1 unspecified atom stereocenters. The molecule has 0 aromatic carbocycles. The first-order chi connectivity index (χ1) is 9.96.